The first-order valence-electron chi connectivity index (χ1n) is 9.34. The van der Waals surface area contributed by atoms with Gasteiger partial charge < -0.3 is 14.9 Å². The predicted octanol–water partition coefficient (Wildman–Crippen LogP) is 1.95. The molecular weight excluding hydrogens is 394 g/mol. The lowest BCUT2D eigenvalue weighted by Crippen LogP contribution is -2.56. The first kappa shape index (κ1) is 19.6. The smallest absolute Gasteiger partial charge is 0.191 e. The van der Waals surface area contributed by atoms with Crippen LogP contribution in [0.1, 0.15) is 47.8 Å². The third-order valence-electron chi connectivity index (χ3n) is 5.75. The maximum absolute atomic E-state index is 13.0. The van der Waals surface area contributed by atoms with Crippen LogP contribution in [0.5, 0.6) is 5.75 Å². The Morgan fingerprint density at radius 2 is 2.07 bits per heavy atom. The van der Waals surface area contributed by atoms with Crippen molar-refractivity contribution in [3.63, 3.8) is 0 Å². The summed E-state index contributed by atoms with van der Waals surface area (Å²) < 4.78 is 35.6. The molecule has 0 saturated carbocycles. The lowest BCUT2D eigenvalue weighted by Gasteiger charge is -2.42. The summed E-state index contributed by atoms with van der Waals surface area (Å²) in [5.74, 6) is 0.746. The van der Waals surface area contributed by atoms with Gasteiger partial charge in [-0.1, -0.05) is 6.07 Å². The number of carbonyl (C=O) groups excluding carboxylic acids is 1. The molecule has 3 heterocycles. The van der Waals surface area contributed by atoms with Gasteiger partial charge in [-0.25, -0.2) is 13.4 Å². The van der Waals surface area contributed by atoms with Gasteiger partial charge in [-0.3, -0.25) is 9.79 Å². The molecule has 4 rings (SSSR count). The molecular formula is C20H23N3O5S. The third-order valence-corrected chi connectivity index (χ3v) is 8.37. The summed E-state index contributed by atoms with van der Waals surface area (Å²) in [7, 11) is -3.54. The van der Waals surface area contributed by atoms with Crippen molar-refractivity contribution in [3.05, 3.63) is 47.2 Å². The van der Waals surface area contributed by atoms with Gasteiger partial charge in [0.2, 0.25) is 0 Å². The Morgan fingerprint density at radius 3 is 2.72 bits per heavy atom. The topological polar surface area (TPSA) is 125 Å². The standard InChI is InChI=1S/C20H23N3O5S/c1-12-22-15(10-28-12)16(24)9-13-4-5-17-14(8-13)20(6-7-27-17)11-29(25,26)19(2,3)18(21)23-20/h4-5,8,10H,6-7,9,11H2,1-3H3,(H2,21,23)/t20-/m0/s1. The van der Waals surface area contributed by atoms with Gasteiger partial charge >= 0.3 is 0 Å². The molecule has 154 valence electrons. The molecule has 1 aromatic carbocycles. The molecule has 0 radical (unpaired) electrons. The molecule has 2 aliphatic rings. The van der Waals surface area contributed by atoms with Crippen molar-refractivity contribution >= 4 is 21.5 Å². The number of sulfone groups is 1. The highest BCUT2D eigenvalue weighted by Gasteiger charge is 2.52. The van der Waals surface area contributed by atoms with Crippen LogP contribution in [-0.2, 0) is 21.8 Å². The van der Waals surface area contributed by atoms with E-state index >= 15 is 0 Å². The maximum Gasteiger partial charge on any atom is 0.191 e. The second-order valence-electron chi connectivity index (χ2n) is 8.08. The van der Waals surface area contributed by atoms with Gasteiger partial charge in [0.1, 0.15) is 33.8 Å². The Labute approximate surface area is 169 Å². The number of benzene rings is 1. The Balaban J connectivity index is 1.75. The molecule has 1 spiro atoms. The van der Waals surface area contributed by atoms with Crippen LogP contribution in [0.2, 0.25) is 0 Å². The fourth-order valence-electron chi connectivity index (χ4n) is 3.73. The number of hydrogen-bond donors (Lipinski definition) is 1. The molecule has 2 N–H and O–H groups in total. The minimum atomic E-state index is -3.54. The first-order valence-corrected chi connectivity index (χ1v) is 11.0. The van der Waals surface area contributed by atoms with Crippen LogP contribution in [0.4, 0.5) is 0 Å². The van der Waals surface area contributed by atoms with Crippen molar-refractivity contribution in [2.75, 3.05) is 12.4 Å². The summed E-state index contributed by atoms with van der Waals surface area (Å²) in [6, 6.07) is 5.34. The van der Waals surface area contributed by atoms with E-state index < -0.39 is 20.1 Å². The van der Waals surface area contributed by atoms with Gasteiger partial charge in [-0.05, 0) is 31.5 Å². The Bertz CT molecular complexity index is 1130. The molecule has 0 aliphatic carbocycles. The van der Waals surface area contributed by atoms with Crippen LogP contribution in [0.25, 0.3) is 0 Å². The van der Waals surface area contributed by atoms with Crippen molar-refractivity contribution in [2.45, 2.75) is 43.9 Å². The van der Waals surface area contributed by atoms with Gasteiger partial charge in [0, 0.05) is 25.3 Å². The molecule has 29 heavy (non-hydrogen) atoms. The number of aryl methyl sites for hydroxylation is 1. The van der Waals surface area contributed by atoms with Gasteiger partial charge in [0.25, 0.3) is 0 Å². The molecule has 2 aromatic rings. The summed E-state index contributed by atoms with van der Waals surface area (Å²) in [4.78, 5) is 21.2. The number of nitrogens with zero attached hydrogens (tertiary/aromatic N) is 2. The highest BCUT2D eigenvalue weighted by Crippen LogP contribution is 2.45. The van der Waals surface area contributed by atoms with Gasteiger partial charge in [0.15, 0.2) is 21.5 Å². The van der Waals surface area contributed by atoms with E-state index in [1.165, 1.54) is 6.26 Å². The molecule has 0 amide bonds. The maximum atomic E-state index is 13.0. The fourth-order valence-corrected chi connectivity index (χ4v) is 5.44. The lowest BCUT2D eigenvalue weighted by atomic mass is 9.84. The number of rotatable bonds is 3. The monoisotopic (exact) mass is 417 g/mol. The molecule has 0 bridgehead atoms. The summed E-state index contributed by atoms with van der Waals surface area (Å²) in [6.07, 6.45) is 1.84. The SMILES string of the molecule is Cc1nc(C(=O)Cc2ccc3c(c2)[C@]2(CCO3)CS(=O)(=O)C(C)(C)C(N)=N2)co1. The average molecular weight is 417 g/mol. The number of carbonyl (C=O) groups is 1. The highest BCUT2D eigenvalue weighted by molar-refractivity contribution is 7.93. The van der Waals surface area contributed by atoms with Crippen molar-refractivity contribution < 1.29 is 22.4 Å². The largest absolute Gasteiger partial charge is 0.493 e. The minimum absolute atomic E-state index is 0.0937. The van der Waals surface area contributed by atoms with E-state index in [1.54, 1.807) is 39.0 Å². The molecule has 0 fully saturated rings. The third kappa shape index (κ3) is 3.13. The number of amidine groups is 1. The van der Waals surface area contributed by atoms with Crippen LogP contribution in [-0.4, -0.2) is 42.1 Å². The number of nitrogens with two attached hydrogens (primary N) is 1. The van der Waals surface area contributed by atoms with Crippen LogP contribution >= 0.6 is 0 Å². The van der Waals surface area contributed by atoms with E-state index in [0.29, 0.717) is 30.2 Å². The molecule has 2 aliphatic heterocycles. The summed E-state index contributed by atoms with van der Waals surface area (Å²) >= 11 is 0. The van der Waals surface area contributed by atoms with E-state index in [1.807, 2.05) is 0 Å². The Hall–Kier alpha value is -2.68. The van der Waals surface area contributed by atoms with Crippen molar-refractivity contribution in [1.82, 2.24) is 4.98 Å². The number of ether oxygens (including phenoxy) is 1. The van der Waals surface area contributed by atoms with Gasteiger partial charge in [-0.15, -0.1) is 0 Å². The van der Waals surface area contributed by atoms with Gasteiger partial charge in [0.05, 0.1) is 12.4 Å². The number of aromatic nitrogens is 1. The molecule has 1 atom stereocenters. The number of hydrogen-bond acceptors (Lipinski definition) is 8. The van der Waals surface area contributed by atoms with Crippen LogP contribution in [0, 0.1) is 6.92 Å². The quantitative estimate of drug-likeness (QED) is 0.757. The molecule has 1 aromatic heterocycles. The Kier molecular flexibility index (Phi) is 4.34. The average Bonchev–Trinajstić information content (AvgIpc) is 3.07. The van der Waals surface area contributed by atoms with E-state index in [0.717, 1.165) is 5.56 Å². The van der Waals surface area contributed by atoms with Crippen molar-refractivity contribution in [2.24, 2.45) is 10.7 Å². The van der Waals surface area contributed by atoms with E-state index in [4.69, 9.17) is 14.9 Å². The zero-order valence-electron chi connectivity index (χ0n) is 16.6. The lowest BCUT2D eigenvalue weighted by molar-refractivity contribution is 0.0988. The van der Waals surface area contributed by atoms with E-state index in [2.05, 4.69) is 9.98 Å². The Morgan fingerprint density at radius 1 is 1.31 bits per heavy atom. The molecule has 0 saturated heterocycles. The number of aliphatic imine (C=N–C) groups is 1. The first-order chi connectivity index (χ1) is 13.5. The predicted molar refractivity (Wildman–Crippen MR) is 107 cm³/mol. The zero-order chi connectivity index (χ0) is 21.0. The number of fused-ring (bicyclic) bond motifs is 2. The number of ketones is 1. The van der Waals surface area contributed by atoms with Crippen LogP contribution < -0.4 is 10.5 Å². The second-order valence-corrected chi connectivity index (χ2v) is 10.6. The van der Waals surface area contributed by atoms with Crippen molar-refractivity contribution in [1.29, 1.82) is 0 Å². The van der Waals surface area contributed by atoms with Gasteiger partial charge in [-0.2, -0.15) is 0 Å². The van der Waals surface area contributed by atoms with Crippen LogP contribution in [0.15, 0.2) is 33.9 Å². The summed E-state index contributed by atoms with van der Waals surface area (Å²) in [5.41, 5.74) is 6.72. The zero-order valence-corrected chi connectivity index (χ0v) is 17.4. The molecule has 0 unspecified atom stereocenters. The minimum Gasteiger partial charge on any atom is -0.493 e. The van der Waals surface area contributed by atoms with E-state index in [-0.39, 0.29) is 29.5 Å². The molecule has 8 nitrogen and oxygen atoms in total. The van der Waals surface area contributed by atoms with E-state index in [9.17, 15) is 13.2 Å². The summed E-state index contributed by atoms with van der Waals surface area (Å²) in [6.45, 7) is 5.16. The fraction of sp³-hybridized carbons (Fsp3) is 0.450. The number of oxazole rings is 1. The second kappa shape index (κ2) is 6.41. The van der Waals surface area contributed by atoms with Crippen molar-refractivity contribution in [3.8, 4) is 5.75 Å². The molecule has 9 heteroatoms. The normalized spacial score (nSPS) is 24.4. The highest BCUT2D eigenvalue weighted by atomic mass is 32.2. The number of Topliss-reactive ketones (excluding diaryl/α,β-unsaturated/α-hetero) is 1. The van der Waals surface area contributed by atoms with Crippen LogP contribution in [0.3, 0.4) is 0 Å². The summed E-state index contributed by atoms with van der Waals surface area (Å²) in [5, 5.41) is 0.